The first-order valence-electron chi connectivity index (χ1n) is 6.72. The van der Waals surface area contributed by atoms with Crippen molar-refractivity contribution in [3.8, 4) is 0 Å². The van der Waals surface area contributed by atoms with Gasteiger partial charge in [0.25, 0.3) is 0 Å². The number of rotatable bonds is 5. The average molecular weight is 307 g/mol. The molecule has 4 heteroatoms. The molecule has 1 N–H and O–H groups in total. The van der Waals surface area contributed by atoms with Crippen LogP contribution in [0.4, 0.5) is 4.39 Å². The second-order valence-corrected chi connectivity index (χ2v) is 5.44. The molecule has 2 aromatic carbocycles. The fraction of sp³-hybridized carbons (Fsp3) is 0.235. The first-order valence-corrected chi connectivity index (χ1v) is 7.10. The molecule has 0 saturated carbocycles. The van der Waals surface area contributed by atoms with Crippen molar-refractivity contribution in [2.24, 2.45) is 0 Å². The van der Waals surface area contributed by atoms with E-state index < -0.39 is 17.2 Å². The van der Waals surface area contributed by atoms with Crippen LogP contribution in [0, 0.1) is 5.82 Å². The Labute approximate surface area is 128 Å². The summed E-state index contributed by atoms with van der Waals surface area (Å²) in [5.74, 6) is -1.44. The maximum Gasteiger partial charge on any atom is 0.314 e. The van der Waals surface area contributed by atoms with E-state index in [9.17, 15) is 14.3 Å². The van der Waals surface area contributed by atoms with Gasteiger partial charge < -0.3 is 5.11 Å². The molecule has 0 aliphatic heterocycles. The molecule has 2 nitrogen and oxygen atoms in total. The van der Waals surface area contributed by atoms with Crippen LogP contribution in [0.25, 0.3) is 0 Å². The Bertz CT molecular complexity index is 642. The molecule has 0 bridgehead atoms. The van der Waals surface area contributed by atoms with Gasteiger partial charge in [-0.15, -0.1) is 0 Å². The zero-order valence-corrected chi connectivity index (χ0v) is 12.4. The lowest BCUT2D eigenvalue weighted by Crippen LogP contribution is -2.37. The fourth-order valence-corrected chi connectivity index (χ4v) is 2.65. The largest absolute Gasteiger partial charge is 0.481 e. The minimum atomic E-state index is -1.07. The highest BCUT2D eigenvalue weighted by Crippen LogP contribution is 2.33. The van der Waals surface area contributed by atoms with Gasteiger partial charge in [-0.3, -0.25) is 4.79 Å². The lowest BCUT2D eigenvalue weighted by atomic mass is 9.73. The molecule has 2 aromatic rings. The monoisotopic (exact) mass is 306 g/mol. The number of carboxylic acids is 1. The normalized spacial score (nSPS) is 13.7. The topological polar surface area (TPSA) is 37.3 Å². The van der Waals surface area contributed by atoms with Crippen LogP contribution in [-0.2, 0) is 16.6 Å². The number of hydrogen-bond donors (Lipinski definition) is 1. The van der Waals surface area contributed by atoms with Crippen molar-refractivity contribution in [2.75, 3.05) is 0 Å². The predicted molar refractivity (Wildman–Crippen MR) is 81.2 cm³/mol. The van der Waals surface area contributed by atoms with Crippen LogP contribution >= 0.6 is 11.6 Å². The summed E-state index contributed by atoms with van der Waals surface area (Å²) in [6.45, 7) is 1.83. The summed E-state index contributed by atoms with van der Waals surface area (Å²) in [6.07, 6.45) is 0.632. The van der Waals surface area contributed by atoms with Gasteiger partial charge >= 0.3 is 5.97 Å². The molecule has 1 unspecified atom stereocenters. The van der Waals surface area contributed by atoms with Crippen molar-refractivity contribution in [2.45, 2.75) is 25.2 Å². The molecule has 0 spiro atoms. The summed E-state index contributed by atoms with van der Waals surface area (Å²) in [5.41, 5.74) is 0.266. The van der Waals surface area contributed by atoms with E-state index in [1.54, 1.807) is 18.2 Å². The van der Waals surface area contributed by atoms with Gasteiger partial charge in [-0.2, -0.15) is 0 Å². The SMILES string of the molecule is CCC(Cc1ccc(Cl)c(F)c1)(C(=O)O)c1ccccc1. The van der Waals surface area contributed by atoms with Gasteiger partial charge in [0.2, 0.25) is 0 Å². The van der Waals surface area contributed by atoms with Crippen molar-refractivity contribution in [1.29, 1.82) is 0 Å². The summed E-state index contributed by atoms with van der Waals surface area (Å²) in [4.78, 5) is 11.9. The van der Waals surface area contributed by atoms with E-state index in [0.29, 0.717) is 12.0 Å². The molecule has 0 amide bonds. The molecule has 0 fully saturated rings. The molecule has 0 aliphatic rings. The van der Waals surface area contributed by atoms with Crippen LogP contribution in [0.3, 0.4) is 0 Å². The summed E-state index contributed by atoms with van der Waals surface area (Å²) in [7, 11) is 0. The van der Waals surface area contributed by atoms with Crippen molar-refractivity contribution >= 4 is 17.6 Å². The molecule has 0 heterocycles. The zero-order chi connectivity index (χ0) is 15.5. The Kier molecular flexibility index (Phi) is 4.63. The van der Waals surface area contributed by atoms with Crippen molar-refractivity contribution < 1.29 is 14.3 Å². The van der Waals surface area contributed by atoms with Gasteiger partial charge in [-0.25, -0.2) is 4.39 Å². The van der Waals surface area contributed by atoms with Crippen molar-refractivity contribution in [3.05, 3.63) is 70.5 Å². The van der Waals surface area contributed by atoms with Crippen LogP contribution < -0.4 is 0 Å². The second-order valence-electron chi connectivity index (χ2n) is 5.03. The second kappa shape index (κ2) is 6.27. The third kappa shape index (κ3) is 3.08. The average Bonchev–Trinajstić information content (AvgIpc) is 2.49. The van der Waals surface area contributed by atoms with E-state index in [-0.39, 0.29) is 11.4 Å². The molecule has 2 rings (SSSR count). The first kappa shape index (κ1) is 15.5. The van der Waals surface area contributed by atoms with E-state index in [0.717, 1.165) is 5.56 Å². The lowest BCUT2D eigenvalue weighted by molar-refractivity contribution is -0.144. The van der Waals surface area contributed by atoms with Gasteiger partial charge in [0.05, 0.1) is 10.4 Å². The third-order valence-electron chi connectivity index (χ3n) is 3.83. The summed E-state index contributed by atoms with van der Waals surface area (Å²) in [6, 6.07) is 13.5. The predicted octanol–water partition coefficient (Wildman–Crippen LogP) is 4.45. The first-order chi connectivity index (χ1) is 9.99. The van der Waals surface area contributed by atoms with Gasteiger partial charge in [-0.1, -0.05) is 54.9 Å². The van der Waals surface area contributed by atoms with E-state index in [1.807, 2.05) is 25.1 Å². The van der Waals surface area contributed by atoms with Crippen LogP contribution in [0.15, 0.2) is 48.5 Å². The Morgan fingerprint density at radius 3 is 2.43 bits per heavy atom. The quantitative estimate of drug-likeness (QED) is 0.886. The Balaban J connectivity index is 2.46. The molecule has 0 aliphatic carbocycles. The van der Waals surface area contributed by atoms with Gasteiger partial charge in [-0.05, 0) is 36.1 Å². The number of carbonyl (C=O) groups is 1. The molecule has 21 heavy (non-hydrogen) atoms. The molecule has 110 valence electrons. The van der Waals surface area contributed by atoms with Crippen LogP contribution in [0.5, 0.6) is 0 Å². The number of aliphatic carboxylic acids is 1. The molecule has 0 saturated heterocycles. The Hall–Kier alpha value is -1.87. The highest BCUT2D eigenvalue weighted by Gasteiger charge is 2.38. The smallest absolute Gasteiger partial charge is 0.314 e. The van der Waals surface area contributed by atoms with E-state index in [4.69, 9.17) is 11.6 Å². The highest BCUT2D eigenvalue weighted by molar-refractivity contribution is 6.30. The minimum Gasteiger partial charge on any atom is -0.481 e. The fourth-order valence-electron chi connectivity index (χ4n) is 2.54. The molecular weight excluding hydrogens is 291 g/mol. The van der Waals surface area contributed by atoms with Crippen LogP contribution in [0.1, 0.15) is 24.5 Å². The van der Waals surface area contributed by atoms with E-state index >= 15 is 0 Å². The highest BCUT2D eigenvalue weighted by atomic mass is 35.5. The van der Waals surface area contributed by atoms with E-state index in [1.165, 1.54) is 12.1 Å². The number of benzene rings is 2. The zero-order valence-electron chi connectivity index (χ0n) is 11.6. The van der Waals surface area contributed by atoms with Gasteiger partial charge in [0.1, 0.15) is 5.82 Å². The van der Waals surface area contributed by atoms with E-state index in [2.05, 4.69) is 0 Å². The maximum absolute atomic E-state index is 13.6. The third-order valence-corrected chi connectivity index (χ3v) is 4.14. The number of hydrogen-bond acceptors (Lipinski definition) is 1. The molecular formula is C17H16ClFO2. The van der Waals surface area contributed by atoms with Crippen molar-refractivity contribution in [3.63, 3.8) is 0 Å². The summed E-state index contributed by atoms with van der Waals surface area (Å²) < 4.78 is 13.6. The van der Waals surface area contributed by atoms with Gasteiger partial charge in [0, 0.05) is 0 Å². The van der Waals surface area contributed by atoms with Crippen LogP contribution in [0.2, 0.25) is 5.02 Å². The Morgan fingerprint density at radius 2 is 1.90 bits per heavy atom. The van der Waals surface area contributed by atoms with Crippen LogP contribution in [-0.4, -0.2) is 11.1 Å². The number of carboxylic acid groups (broad SMARTS) is 1. The lowest BCUT2D eigenvalue weighted by Gasteiger charge is -2.29. The molecule has 0 radical (unpaired) electrons. The van der Waals surface area contributed by atoms with Crippen molar-refractivity contribution in [1.82, 2.24) is 0 Å². The minimum absolute atomic E-state index is 0.0379. The summed E-state index contributed by atoms with van der Waals surface area (Å²) in [5, 5.41) is 9.78. The Morgan fingerprint density at radius 1 is 1.24 bits per heavy atom. The summed E-state index contributed by atoms with van der Waals surface area (Å²) >= 11 is 5.67. The molecule has 1 atom stereocenters. The molecule has 0 aromatic heterocycles. The maximum atomic E-state index is 13.6. The number of halogens is 2. The van der Waals surface area contributed by atoms with Gasteiger partial charge in [0.15, 0.2) is 0 Å². The standard InChI is InChI=1S/C17H16ClFO2/c1-2-17(16(20)21,13-6-4-3-5-7-13)11-12-8-9-14(18)15(19)10-12/h3-10H,2,11H2,1H3,(H,20,21).